The molecule has 0 aliphatic heterocycles. The maximum absolute atomic E-state index is 13.2. The molecular formula is C24H23FN2O. The summed E-state index contributed by atoms with van der Waals surface area (Å²) in [5, 5.41) is 2.82. The second-order valence-electron chi connectivity index (χ2n) is 6.72. The van der Waals surface area contributed by atoms with Gasteiger partial charge in [0.2, 0.25) is 5.91 Å². The number of hydrogen-bond donors (Lipinski definition) is 1. The van der Waals surface area contributed by atoms with Crippen LogP contribution in [0.15, 0.2) is 84.9 Å². The molecule has 0 heterocycles. The Bertz CT molecular complexity index is 950. The van der Waals surface area contributed by atoms with Gasteiger partial charge in [-0.1, -0.05) is 30.3 Å². The highest BCUT2D eigenvalue weighted by Crippen LogP contribution is 2.28. The fourth-order valence-corrected chi connectivity index (χ4v) is 3.01. The summed E-state index contributed by atoms with van der Waals surface area (Å²) in [6, 6.07) is 24.3. The number of carbonyl (C=O) groups excluding carboxylic acids is 1. The molecule has 3 aromatic rings. The van der Waals surface area contributed by atoms with Crippen LogP contribution in [0, 0.1) is 5.82 Å². The molecule has 0 aliphatic carbocycles. The van der Waals surface area contributed by atoms with E-state index in [1.54, 1.807) is 18.2 Å². The fraction of sp³-hybridized carbons (Fsp3) is 0.125. The monoisotopic (exact) mass is 374 g/mol. The van der Waals surface area contributed by atoms with Gasteiger partial charge in [0.1, 0.15) is 5.82 Å². The molecule has 0 unspecified atom stereocenters. The maximum atomic E-state index is 13.2. The first-order chi connectivity index (χ1) is 13.5. The molecule has 0 spiro atoms. The van der Waals surface area contributed by atoms with Gasteiger partial charge in [-0.05, 0) is 74.0 Å². The number of halogens is 1. The Balaban J connectivity index is 1.69. The van der Waals surface area contributed by atoms with Crippen LogP contribution in [0.4, 0.5) is 21.5 Å². The van der Waals surface area contributed by atoms with Gasteiger partial charge in [-0.2, -0.15) is 0 Å². The number of amides is 1. The molecule has 3 nitrogen and oxygen atoms in total. The molecule has 0 saturated carbocycles. The summed E-state index contributed by atoms with van der Waals surface area (Å²) < 4.78 is 13.2. The van der Waals surface area contributed by atoms with E-state index >= 15 is 0 Å². The van der Waals surface area contributed by atoms with Crippen LogP contribution in [0.1, 0.15) is 19.4 Å². The highest BCUT2D eigenvalue weighted by molar-refractivity contribution is 6.02. The lowest BCUT2D eigenvalue weighted by atomic mass is 10.1. The number of benzene rings is 3. The fourth-order valence-electron chi connectivity index (χ4n) is 3.01. The van der Waals surface area contributed by atoms with Crippen molar-refractivity contribution in [2.45, 2.75) is 19.9 Å². The van der Waals surface area contributed by atoms with E-state index in [0.717, 1.165) is 11.4 Å². The smallest absolute Gasteiger partial charge is 0.248 e. The molecule has 142 valence electrons. The molecule has 28 heavy (non-hydrogen) atoms. The molecule has 1 N–H and O–H groups in total. The van der Waals surface area contributed by atoms with Crippen molar-refractivity contribution in [2.24, 2.45) is 0 Å². The lowest BCUT2D eigenvalue weighted by Crippen LogP contribution is -2.25. The van der Waals surface area contributed by atoms with Crippen LogP contribution in [0.3, 0.4) is 0 Å². The number of nitrogens with zero attached hydrogens (tertiary/aromatic N) is 1. The largest absolute Gasteiger partial charge is 0.339 e. The van der Waals surface area contributed by atoms with Crippen LogP contribution in [0.2, 0.25) is 0 Å². The average molecular weight is 374 g/mol. The van der Waals surface area contributed by atoms with Gasteiger partial charge in [-0.3, -0.25) is 4.79 Å². The van der Waals surface area contributed by atoms with Crippen molar-refractivity contribution in [3.63, 3.8) is 0 Å². The first-order valence-corrected chi connectivity index (χ1v) is 9.22. The second kappa shape index (κ2) is 9.00. The standard InChI is InChI=1S/C24H23FN2O/c1-18(2)27(22-9-4-3-5-10-22)23-14-12-21(13-15-23)26-24(28)16-11-19-7-6-8-20(25)17-19/h3-18H,1-2H3,(H,26,28). The van der Waals surface area contributed by atoms with Crippen molar-refractivity contribution >= 4 is 29.0 Å². The molecule has 0 radical (unpaired) electrons. The van der Waals surface area contributed by atoms with E-state index in [4.69, 9.17) is 0 Å². The Morgan fingerprint density at radius 2 is 1.61 bits per heavy atom. The zero-order valence-electron chi connectivity index (χ0n) is 16.0. The molecule has 0 fully saturated rings. The molecule has 0 saturated heterocycles. The summed E-state index contributed by atoms with van der Waals surface area (Å²) >= 11 is 0. The Morgan fingerprint density at radius 1 is 0.929 bits per heavy atom. The first-order valence-electron chi connectivity index (χ1n) is 9.22. The van der Waals surface area contributed by atoms with Crippen molar-refractivity contribution in [3.05, 3.63) is 96.3 Å². The van der Waals surface area contributed by atoms with Gasteiger partial charge in [-0.25, -0.2) is 4.39 Å². The normalized spacial score (nSPS) is 11.0. The van der Waals surface area contributed by atoms with E-state index in [0.29, 0.717) is 11.3 Å². The highest BCUT2D eigenvalue weighted by atomic mass is 19.1. The molecule has 0 aromatic heterocycles. The van der Waals surface area contributed by atoms with Gasteiger partial charge >= 0.3 is 0 Å². The minimum atomic E-state index is -0.328. The van der Waals surface area contributed by atoms with Crippen LogP contribution in [0.25, 0.3) is 6.08 Å². The van der Waals surface area contributed by atoms with Crippen LogP contribution in [0.5, 0.6) is 0 Å². The van der Waals surface area contributed by atoms with E-state index in [1.165, 1.54) is 18.2 Å². The SMILES string of the molecule is CC(C)N(c1ccccc1)c1ccc(NC(=O)C=Cc2cccc(F)c2)cc1. The zero-order valence-corrected chi connectivity index (χ0v) is 16.0. The topological polar surface area (TPSA) is 32.3 Å². The minimum Gasteiger partial charge on any atom is -0.339 e. The van der Waals surface area contributed by atoms with Crippen LogP contribution >= 0.6 is 0 Å². The third kappa shape index (κ3) is 5.07. The van der Waals surface area contributed by atoms with Gasteiger partial charge in [0, 0.05) is 29.2 Å². The number of anilines is 3. The Hall–Kier alpha value is -3.40. The first kappa shape index (κ1) is 19.4. The summed E-state index contributed by atoms with van der Waals surface area (Å²) in [6.07, 6.45) is 2.98. The van der Waals surface area contributed by atoms with Crippen LogP contribution < -0.4 is 10.2 Å². The number of nitrogens with one attached hydrogen (secondary N) is 1. The molecule has 3 rings (SSSR count). The van der Waals surface area contributed by atoms with Crippen molar-refractivity contribution < 1.29 is 9.18 Å². The van der Waals surface area contributed by atoms with Gasteiger partial charge in [-0.15, -0.1) is 0 Å². The van der Waals surface area contributed by atoms with Gasteiger partial charge < -0.3 is 10.2 Å². The molecule has 1 amide bonds. The van der Waals surface area contributed by atoms with E-state index < -0.39 is 0 Å². The summed E-state index contributed by atoms with van der Waals surface area (Å²) in [5.41, 5.74) is 3.51. The molecule has 4 heteroatoms. The molecule has 3 aromatic carbocycles. The summed E-state index contributed by atoms with van der Waals surface area (Å²) in [7, 11) is 0. The Morgan fingerprint density at radius 3 is 2.25 bits per heavy atom. The third-order valence-corrected chi connectivity index (χ3v) is 4.24. The predicted molar refractivity (Wildman–Crippen MR) is 114 cm³/mol. The van der Waals surface area contributed by atoms with Gasteiger partial charge in [0.25, 0.3) is 0 Å². The van der Waals surface area contributed by atoms with Crippen molar-refractivity contribution in [1.82, 2.24) is 0 Å². The molecule has 0 atom stereocenters. The van der Waals surface area contributed by atoms with E-state index in [-0.39, 0.29) is 17.8 Å². The third-order valence-electron chi connectivity index (χ3n) is 4.24. The predicted octanol–water partition coefficient (Wildman–Crippen LogP) is 6.02. The van der Waals surface area contributed by atoms with Crippen LogP contribution in [-0.4, -0.2) is 11.9 Å². The molecule has 0 bridgehead atoms. The second-order valence-corrected chi connectivity index (χ2v) is 6.72. The lowest BCUT2D eigenvalue weighted by Gasteiger charge is -2.29. The maximum Gasteiger partial charge on any atom is 0.248 e. The van der Waals surface area contributed by atoms with E-state index in [2.05, 4.69) is 36.2 Å². The number of hydrogen-bond acceptors (Lipinski definition) is 2. The number of rotatable bonds is 6. The zero-order chi connectivity index (χ0) is 19.9. The van der Waals surface area contributed by atoms with Crippen LogP contribution in [-0.2, 0) is 4.79 Å². The average Bonchev–Trinajstić information content (AvgIpc) is 2.69. The van der Waals surface area contributed by atoms with Crippen molar-refractivity contribution in [1.29, 1.82) is 0 Å². The number of para-hydroxylation sites is 1. The van der Waals surface area contributed by atoms with Crippen molar-refractivity contribution in [2.75, 3.05) is 10.2 Å². The minimum absolute atomic E-state index is 0.263. The highest BCUT2D eigenvalue weighted by Gasteiger charge is 2.12. The molecular weight excluding hydrogens is 351 g/mol. The summed E-state index contributed by atoms with van der Waals surface area (Å²) in [5.74, 6) is -0.591. The Labute approximate surface area is 165 Å². The molecule has 0 aliphatic rings. The Kier molecular flexibility index (Phi) is 6.22. The summed E-state index contributed by atoms with van der Waals surface area (Å²) in [4.78, 5) is 14.3. The quantitative estimate of drug-likeness (QED) is 0.535. The van der Waals surface area contributed by atoms with E-state index in [9.17, 15) is 9.18 Å². The van der Waals surface area contributed by atoms with Crippen molar-refractivity contribution in [3.8, 4) is 0 Å². The van der Waals surface area contributed by atoms with Gasteiger partial charge in [0.05, 0.1) is 0 Å². The van der Waals surface area contributed by atoms with Gasteiger partial charge in [0.15, 0.2) is 0 Å². The lowest BCUT2D eigenvalue weighted by molar-refractivity contribution is -0.111. The summed E-state index contributed by atoms with van der Waals surface area (Å²) in [6.45, 7) is 4.28. The number of carbonyl (C=O) groups is 1. The van der Waals surface area contributed by atoms with E-state index in [1.807, 2.05) is 42.5 Å².